The van der Waals surface area contributed by atoms with Crippen LogP contribution in [0.3, 0.4) is 0 Å². The molecule has 3 heteroatoms. The smallest absolute Gasteiger partial charge is 0.131 e. The van der Waals surface area contributed by atoms with Crippen molar-refractivity contribution in [1.29, 1.82) is 0 Å². The van der Waals surface area contributed by atoms with Crippen LogP contribution < -0.4 is 5.73 Å². The standard InChI is InChI=1S/C11H19N3/c1-5-7(2)11-13-6-10(8(3)12)9(4)14-11/h6-8H,5,12H2,1-4H3. The lowest BCUT2D eigenvalue weighted by molar-refractivity contribution is 0.664. The van der Waals surface area contributed by atoms with Gasteiger partial charge in [-0.2, -0.15) is 0 Å². The highest BCUT2D eigenvalue weighted by Crippen LogP contribution is 2.17. The molecule has 0 fully saturated rings. The fraction of sp³-hybridized carbons (Fsp3) is 0.636. The zero-order valence-electron chi connectivity index (χ0n) is 9.41. The summed E-state index contributed by atoms with van der Waals surface area (Å²) in [6.07, 6.45) is 2.92. The van der Waals surface area contributed by atoms with Crippen LogP contribution in [0.15, 0.2) is 6.20 Å². The van der Waals surface area contributed by atoms with E-state index in [9.17, 15) is 0 Å². The van der Waals surface area contributed by atoms with Gasteiger partial charge in [0.05, 0.1) is 0 Å². The summed E-state index contributed by atoms with van der Waals surface area (Å²) in [6, 6.07) is 0.0148. The number of rotatable bonds is 3. The van der Waals surface area contributed by atoms with Crippen LogP contribution in [0.4, 0.5) is 0 Å². The largest absolute Gasteiger partial charge is 0.324 e. The Labute approximate surface area is 85.8 Å². The molecular formula is C11H19N3. The molecule has 2 N–H and O–H groups in total. The first kappa shape index (κ1) is 11.1. The minimum atomic E-state index is 0.0148. The van der Waals surface area contributed by atoms with Crippen LogP contribution in [-0.4, -0.2) is 9.97 Å². The van der Waals surface area contributed by atoms with Gasteiger partial charge in [-0.1, -0.05) is 13.8 Å². The SMILES string of the molecule is CCC(C)c1ncc(C(C)N)c(C)n1. The molecule has 0 saturated carbocycles. The summed E-state index contributed by atoms with van der Waals surface area (Å²) in [5.74, 6) is 1.35. The maximum atomic E-state index is 5.79. The van der Waals surface area contributed by atoms with Gasteiger partial charge >= 0.3 is 0 Å². The summed E-state index contributed by atoms with van der Waals surface area (Å²) in [6.45, 7) is 8.23. The molecule has 0 aliphatic carbocycles. The van der Waals surface area contributed by atoms with Gasteiger partial charge in [-0.25, -0.2) is 9.97 Å². The molecule has 1 rings (SSSR count). The van der Waals surface area contributed by atoms with Gasteiger partial charge < -0.3 is 5.73 Å². The Morgan fingerprint density at radius 3 is 2.50 bits per heavy atom. The van der Waals surface area contributed by atoms with Gasteiger partial charge in [0.25, 0.3) is 0 Å². The topological polar surface area (TPSA) is 51.8 Å². The maximum Gasteiger partial charge on any atom is 0.131 e. The lowest BCUT2D eigenvalue weighted by atomic mass is 10.1. The molecule has 1 aromatic heterocycles. The van der Waals surface area contributed by atoms with Crippen molar-refractivity contribution in [3.8, 4) is 0 Å². The molecule has 0 saturated heterocycles. The highest BCUT2D eigenvalue weighted by Gasteiger charge is 2.10. The maximum absolute atomic E-state index is 5.79. The Morgan fingerprint density at radius 1 is 1.43 bits per heavy atom. The van der Waals surface area contributed by atoms with E-state index in [-0.39, 0.29) is 6.04 Å². The van der Waals surface area contributed by atoms with E-state index >= 15 is 0 Å². The van der Waals surface area contributed by atoms with Gasteiger partial charge in [0.2, 0.25) is 0 Å². The number of hydrogen-bond donors (Lipinski definition) is 1. The van der Waals surface area contributed by atoms with E-state index in [2.05, 4.69) is 23.8 Å². The second-order valence-corrected chi connectivity index (χ2v) is 3.87. The van der Waals surface area contributed by atoms with Gasteiger partial charge in [0, 0.05) is 29.4 Å². The Bertz CT molecular complexity index is 307. The zero-order chi connectivity index (χ0) is 10.7. The predicted molar refractivity (Wildman–Crippen MR) is 58.1 cm³/mol. The summed E-state index contributed by atoms with van der Waals surface area (Å²) in [4.78, 5) is 8.81. The summed E-state index contributed by atoms with van der Waals surface area (Å²) in [5.41, 5.74) is 7.84. The second kappa shape index (κ2) is 4.51. The predicted octanol–water partition coefficient (Wildman–Crippen LogP) is 2.32. The van der Waals surface area contributed by atoms with Gasteiger partial charge in [0.1, 0.15) is 5.82 Å². The van der Waals surface area contributed by atoms with E-state index in [0.29, 0.717) is 5.92 Å². The molecule has 0 radical (unpaired) electrons. The molecule has 0 spiro atoms. The van der Waals surface area contributed by atoms with Crippen LogP contribution in [0.1, 0.15) is 56.2 Å². The molecule has 0 aliphatic heterocycles. The molecule has 3 nitrogen and oxygen atoms in total. The van der Waals surface area contributed by atoms with Crippen molar-refractivity contribution < 1.29 is 0 Å². The molecule has 14 heavy (non-hydrogen) atoms. The van der Waals surface area contributed by atoms with E-state index in [1.807, 2.05) is 20.0 Å². The normalized spacial score (nSPS) is 15.2. The molecule has 2 unspecified atom stereocenters. The molecule has 0 aromatic carbocycles. The van der Waals surface area contributed by atoms with Gasteiger partial charge in [-0.3, -0.25) is 0 Å². The molecule has 1 aromatic rings. The van der Waals surface area contributed by atoms with E-state index < -0.39 is 0 Å². The second-order valence-electron chi connectivity index (χ2n) is 3.87. The van der Waals surface area contributed by atoms with Gasteiger partial charge in [-0.05, 0) is 20.3 Å². The van der Waals surface area contributed by atoms with Crippen LogP contribution in [-0.2, 0) is 0 Å². The third kappa shape index (κ3) is 2.29. The summed E-state index contributed by atoms with van der Waals surface area (Å²) in [7, 11) is 0. The highest BCUT2D eigenvalue weighted by atomic mass is 14.9. The number of nitrogens with two attached hydrogens (primary N) is 1. The molecule has 78 valence electrons. The van der Waals surface area contributed by atoms with Crippen molar-refractivity contribution in [2.75, 3.05) is 0 Å². The van der Waals surface area contributed by atoms with Crippen LogP contribution in [0.25, 0.3) is 0 Å². The van der Waals surface area contributed by atoms with E-state index in [1.54, 1.807) is 0 Å². The van der Waals surface area contributed by atoms with Crippen molar-refractivity contribution in [2.45, 2.75) is 46.1 Å². The summed E-state index contributed by atoms with van der Waals surface area (Å²) >= 11 is 0. The quantitative estimate of drug-likeness (QED) is 0.801. The Hall–Kier alpha value is -0.960. The van der Waals surface area contributed by atoms with Gasteiger partial charge in [0.15, 0.2) is 0 Å². The first-order valence-corrected chi connectivity index (χ1v) is 5.15. The third-order valence-corrected chi connectivity index (χ3v) is 2.58. The van der Waals surface area contributed by atoms with Crippen LogP contribution in [0.5, 0.6) is 0 Å². The Morgan fingerprint density at radius 2 is 2.07 bits per heavy atom. The van der Waals surface area contributed by atoms with Crippen LogP contribution >= 0.6 is 0 Å². The lowest BCUT2D eigenvalue weighted by Crippen LogP contribution is -2.11. The number of hydrogen-bond acceptors (Lipinski definition) is 3. The first-order chi connectivity index (χ1) is 6.56. The number of nitrogens with zero attached hydrogens (tertiary/aromatic N) is 2. The molecule has 1 heterocycles. The van der Waals surface area contributed by atoms with E-state index in [4.69, 9.17) is 5.73 Å². The van der Waals surface area contributed by atoms with Crippen molar-refractivity contribution in [3.05, 3.63) is 23.3 Å². The molecular weight excluding hydrogens is 174 g/mol. The van der Waals surface area contributed by atoms with Crippen LogP contribution in [0, 0.1) is 6.92 Å². The highest BCUT2D eigenvalue weighted by molar-refractivity contribution is 5.20. The van der Waals surface area contributed by atoms with Crippen molar-refractivity contribution in [1.82, 2.24) is 9.97 Å². The van der Waals surface area contributed by atoms with Crippen molar-refractivity contribution in [2.24, 2.45) is 5.73 Å². The minimum Gasteiger partial charge on any atom is -0.324 e. The fourth-order valence-electron chi connectivity index (χ4n) is 1.36. The average Bonchev–Trinajstić information content (AvgIpc) is 2.15. The fourth-order valence-corrected chi connectivity index (χ4v) is 1.36. The Balaban J connectivity index is 3.00. The minimum absolute atomic E-state index is 0.0148. The summed E-state index contributed by atoms with van der Waals surface area (Å²) in [5, 5.41) is 0. The molecule has 0 aliphatic rings. The van der Waals surface area contributed by atoms with E-state index in [1.165, 1.54) is 0 Å². The average molecular weight is 193 g/mol. The number of aryl methyl sites for hydroxylation is 1. The van der Waals surface area contributed by atoms with Crippen molar-refractivity contribution in [3.63, 3.8) is 0 Å². The monoisotopic (exact) mass is 193 g/mol. The third-order valence-electron chi connectivity index (χ3n) is 2.58. The van der Waals surface area contributed by atoms with Crippen LogP contribution in [0.2, 0.25) is 0 Å². The molecule has 0 bridgehead atoms. The van der Waals surface area contributed by atoms with E-state index in [0.717, 1.165) is 23.5 Å². The molecule has 2 atom stereocenters. The molecule has 0 amide bonds. The van der Waals surface area contributed by atoms with Crippen molar-refractivity contribution >= 4 is 0 Å². The number of aromatic nitrogens is 2. The summed E-state index contributed by atoms with van der Waals surface area (Å²) < 4.78 is 0. The lowest BCUT2D eigenvalue weighted by Gasteiger charge is -2.12. The Kier molecular flexibility index (Phi) is 3.58. The first-order valence-electron chi connectivity index (χ1n) is 5.15. The zero-order valence-corrected chi connectivity index (χ0v) is 9.41. The van der Waals surface area contributed by atoms with Gasteiger partial charge in [-0.15, -0.1) is 0 Å².